The average Bonchev–Trinajstić information content (AvgIpc) is 2.24. The van der Waals surface area contributed by atoms with Crippen molar-refractivity contribution in [1.29, 1.82) is 0 Å². The summed E-state index contributed by atoms with van der Waals surface area (Å²) in [7, 11) is 0. The second-order valence-corrected chi connectivity index (χ2v) is 3.51. The fourth-order valence-corrected chi connectivity index (χ4v) is 1.34. The third-order valence-corrected chi connectivity index (χ3v) is 2.38. The normalized spacial score (nSPS) is 10.9. The molecule has 1 aromatic heterocycles. The lowest BCUT2D eigenvalue weighted by Gasteiger charge is -2.15. The standard InChI is InChI=1S/C11H18N2O2/c1-3-9(4-2)15-8-13-6-5-11(14)10(12)7-13/h5-7,9H,3-4,8,12H2,1-2H3. The molecule has 15 heavy (non-hydrogen) atoms. The second-order valence-electron chi connectivity index (χ2n) is 3.51. The van der Waals surface area contributed by atoms with Crippen LogP contribution in [0.2, 0.25) is 0 Å². The Hall–Kier alpha value is -1.29. The van der Waals surface area contributed by atoms with E-state index in [0.29, 0.717) is 6.73 Å². The number of nitrogens with zero attached hydrogens (tertiary/aromatic N) is 1. The van der Waals surface area contributed by atoms with Gasteiger partial charge in [-0.15, -0.1) is 0 Å². The Morgan fingerprint density at radius 3 is 2.67 bits per heavy atom. The van der Waals surface area contributed by atoms with Crippen LogP contribution in [-0.2, 0) is 11.5 Å². The summed E-state index contributed by atoms with van der Waals surface area (Å²) in [4.78, 5) is 11.0. The van der Waals surface area contributed by atoms with E-state index in [2.05, 4.69) is 13.8 Å². The molecule has 0 aromatic carbocycles. The number of aromatic nitrogens is 1. The molecule has 84 valence electrons. The molecule has 0 saturated carbocycles. The van der Waals surface area contributed by atoms with Gasteiger partial charge in [0.2, 0.25) is 5.43 Å². The van der Waals surface area contributed by atoms with Crippen molar-refractivity contribution in [3.05, 3.63) is 28.7 Å². The van der Waals surface area contributed by atoms with Crippen LogP contribution in [0.3, 0.4) is 0 Å². The summed E-state index contributed by atoms with van der Waals surface area (Å²) in [5, 5.41) is 0. The molecule has 1 aromatic rings. The van der Waals surface area contributed by atoms with Crippen LogP contribution in [-0.4, -0.2) is 10.7 Å². The van der Waals surface area contributed by atoms with Crippen LogP contribution in [0.25, 0.3) is 0 Å². The highest BCUT2D eigenvalue weighted by molar-refractivity contribution is 5.33. The first-order valence-electron chi connectivity index (χ1n) is 5.24. The molecular weight excluding hydrogens is 192 g/mol. The molecule has 0 aliphatic heterocycles. The molecule has 0 spiro atoms. The van der Waals surface area contributed by atoms with E-state index in [4.69, 9.17) is 10.5 Å². The molecule has 0 unspecified atom stereocenters. The predicted octanol–water partition coefficient (Wildman–Crippen LogP) is 1.59. The molecule has 0 fully saturated rings. The summed E-state index contributed by atoms with van der Waals surface area (Å²) in [6, 6.07) is 1.45. The number of nitrogen functional groups attached to an aromatic ring is 1. The Kier molecular flexibility index (Phi) is 4.37. The maximum atomic E-state index is 11.0. The maximum absolute atomic E-state index is 11.0. The minimum Gasteiger partial charge on any atom is -0.394 e. The van der Waals surface area contributed by atoms with Crippen molar-refractivity contribution in [3.63, 3.8) is 0 Å². The summed E-state index contributed by atoms with van der Waals surface area (Å²) in [6.07, 6.45) is 5.54. The smallest absolute Gasteiger partial charge is 0.204 e. The van der Waals surface area contributed by atoms with Gasteiger partial charge in [-0.3, -0.25) is 4.79 Å². The Morgan fingerprint density at radius 2 is 2.13 bits per heavy atom. The Morgan fingerprint density at radius 1 is 1.47 bits per heavy atom. The zero-order valence-corrected chi connectivity index (χ0v) is 9.27. The van der Waals surface area contributed by atoms with Gasteiger partial charge in [0.15, 0.2) is 0 Å². The lowest BCUT2D eigenvalue weighted by Crippen LogP contribution is -2.16. The SMILES string of the molecule is CCC(CC)OCn1ccc(=O)c(N)c1. The van der Waals surface area contributed by atoms with E-state index < -0.39 is 0 Å². The average molecular weight is 210 g/mol. The van der Waals surface area contributed by atoms with Gasteiger partial charge in [-0.05, 0) is 12.8 Å². The van der Waals surface area contributed by atoms with Gasteiger partial charge in [0, 0.05) is 18.5 Å². The van der Waals surface area contributed by atoms with Gasteiger partial charge < -0.3 is 15.0 Å². The molecule has 0 radical (unpaired) electrons. The molecule has 1 heterocycles. The van der Waals surface area contributed by atoms with Crippen LogP contribution >= 0.6 is 0 Å². The van der Waals surface area contributed by atoms with E-state index in [1.54, 1.807) is 17.0 Å². The Bertz CT molecular complexity index is 356. The maximum Gasteiger partial charge on any atom is 0.204 e. The van der Waals surface area contributed by atoms with Crippen molar-refractivity contribution in [2.24, 2.45) is 0 Å². The van der Waals surface area contributed by atoms with Gasteiger partial charge in [0.25, 0.3) is 0 Å². The minimum atomic E-state index is -0.145. The Labute approximate surface area is 89.7 Å². The molecule has 0 aliphatic rings. The molecule has 4 heteroatoms. The van der Waals surface area contributed by atoms with E-state index >= 15 is 0 Å². The second kappa shape index (κ2) is 5.56. The molecule has 0 aliphatic carbocycles. The number of rotatable bonds is 5. The fourth-order valence-electron chi connectivity index (χ4n) is 1.34. The van der Waals surface area contributed by atoms with E-state index in [1.807, 2.05) is 0 Å². The third kappa shape index (κ3) is 3.40. The first kappa shape index (κ1) is 11.8. The van der Waals surface area contributed by atoms with Gasteiger partial charge >= 0.3 is 0 Å². The molecule has 0 saturated heterocycles. The highest BCUT2D eigenvalue weighted by Gasteiger charge is 2.03. The van der Waals surface area contributed by atoms with E-state index in [1.165, 1.54) is 6.07 Å². The van der Waals surface area contributed by atoms with Crippen LogP contribution in [0.1, 0.15) is 26.7 Å². The highest BCUT2D eigenvalue weighted by atomic mass is 16.5. The van der Waals surface area contributed by atoms with Crippen molar-refractivity contribution >= 4 is 5.69 Å². The number of anilines is 1. The summed E-state index contributed by atoms with van der Waals surface area (Å²) in [5.74, 6) is 0. The van der Waals surface area contributed by atoms with Crippen LogP contribution in [0.4, 0.5) is 5.69 Å². The zero-order valence-electron chi connectivity index (χ0n) is 9.27. The fraction of sp³-hybridized carbons (Fsp3) is 0.545. The number of hydrogen-bond donors (Lipinski definition) is 1. The van der Waals surface area contributed by atoms with Crippen molar-refractivity contribution in [2.45, 2.75) is 39.5 Å². The molecule has 0 bridgehead atoms. The summed E-state index contributed by atoms with van der Waals surface area (Å²) in [6.45, 7) is 4.62. The van der Waals surface area contributed by atoms with Crippen LogP contribution < -0.4 is 11.2 Å². The molecule has 0 amide bonds. The zero-order chi connectivity index (χ0) is 11.3. The quantitative estimate of drug-likeness (QED) is 0.803. The molecule has 4 nitrogen and oxygen atoms in total. The molecule has 1 rings (SSSR count). The summed E-state index contributed by atoms with van der Waals surface area (Å²) < 4.78 is 7.40. The minimum absolute atomic E-state index is 0.145. The summed E-state index contributed by atoms with van der Waals surface area (Å²) in [5.41, 5.74) is 5.61. The van der Waals surface area contributed by atoms with Crippen molar-refractivity contribution in [3.8, 4) is 0 Å². The number of pyridine rings is 1. The number of ether oxygens (including phenoxy) is 1. The first-order chi connectivity index (χ1) is 7.17. The van der Waals surface area contributed by atoms with Crippen LogP contribution in [0.5, 0.6) is 0 Å². The largest absolute Gasteiger partial charge is 0.394 e. The predicted molar refractivity (Wildman–Crippen MR) is 60.6 cm³/mol. The van der Waals surface area contributed by atoms with Crippen molar-refractivity contribution in [2.75, 3.05) is 5.73 Å². The van der Waals surface area contributed by atoms with Gasteiger partial charge in [0.1, 0.15) is 6.73 Å². The summed E-state index contributed by atoms with van der Waals surface area (Å²) >= 11 is 0. The van der Waals surface area contributed by atoms with E-state index in [9.17, 15) is 4.79 Å². The van der Waals surface area contributed by atoms with Crippen LogP contribution in [0.15, 0.2) is 23.3 Å². The lowest BCUT2D eigenvalue weighted by molar-refractivity contribution is 0.00292. The van der Waals surface area contributed by atoms with E-state index in [0.717, 1.165) is 12.8 Å². The van der Waals surface area contributed by atoms with E-state index in [-0.39, 0.29) is 17.2 Å². The van der Waals surface area contributed by atoms with Crippen molar-refractivity contribution < 1.29 is 4.74 Å². The monoisotopic (exact) mass is 210 g/mol. The van der Waals surface area contributed by atoms with Gasteiger partial charge in [-0.25, -0.2) is 0 Å². The Balaban J connectivity index is 2.58. The third-order valence-electron chi connectivity index (χ3n) is 2.38. The van der Waals surface area contributed by atoms with Gasteiger partial charge in [-0.1, -0.05) is 13.8 Å². The lowest BCUT2D eigenvalue weighted by atomic mass is 10.2. The van der Waals surface area contributed by atoms with Gasteiger partial charge in [0.05, 0.1) is 11.8 Å². The topological polar surface area (TPSA) is 57.2 Å². The van der Waals surface area contributed by atoms with Crippen LogP contribution in [0, 0.1) is 0 Å². The molecule has 2 N–H and O–H groups in total. The molecular formula is C11H18N2O2. The molecule has 0 atom stereocenters. The van der Waals surface area contributed by atoms with Crippen molar-refractivity contribution in [1.82, 2.24) is 4.57 Å². The first-order valence-corrected chi connectivity index (χ1v) is 5.24. The van der Waals surface area contributed by atoms with Gasteiger partial charge in [-0.2, -0.15) is 0 Å². The highest BCUT2D eigenvalue weighted by Crippen LogP contribution is 2.04. The number of nitrogens with two attached hydrogens (primary N) is 1. The number of hydrogen-bond acceptors (Lipinski definition) is 3.